The van der Waals surface area contributed by atoms with Crippen LogP contribution >= 0.6 is 0 Å². The van der Waals surface area contributed by atoms with Gasteiger partial charge in [-0.2, -0.15) is 0 Å². The molecule has 0 aromatic carbocycles. The number of likely N-dealkylation sites (tertiary alicyclic amines) is 1. The highest BCUT2D eigenvalue weighted by molar-refractivity contribution is 4.84. The van der Waals surface area contributed by atoms with Gasteiger partial charge in [0.2, 0.25) is 0 Å². The van der Waals surface area contributed by atoms with Gasteiger partial charge in [0, 0.05) is 18.7 Å². The minimum Gasteiger partial charge on any atom is -0.396 e. The van der Waals surface area contributed by atoms with E-state index in [0.29, 0.717) is 12.5 Å². The SMILES string of the molecule is CC(C)(C)N1CCC(CO)C1. The van der Waals surface area contributed by atoms with E-state index in [4.69, 9.17) is 5.11 Å². The molecule has 11 heavy (non-hydrogen) atoms. The van der Waals surface area contributed by atoms with Gasteiger partial charge >= 0.3 is 0 Å². The lowest BCUT2D eigenvalue weighted by atomic mass is 10.1. The Labute approximate surface area is 69.2 Å². The minimum atomic E-state index is 0.282. The monoisotopic (exact) mass is 157 g/mol. The lowest BCUT2D eigenvalue weighted by Crippen LogP contribution is -2.39. The fourth-order valence-electron chi connectivity index (χ4n) is 1.59. The standard InChI is InChI=1S/C9H19NO/c1-9(2,3)10-5-4-8(6-10)7-11/h8,11H,4-7H2,1-3H3. The van der Waals surface area contributed by atoms with Crippen molar-refractivity contribution in [2.75, 3.05) is 19.7 Å². The molecule has 1 rings (SSSR count). The quantitative estimate of drug-likeness (QED) is 0.616. The second kappa shape index (κ2) is 3.11. The Balaban J connectivity index is 2.42. The topological polar surface area (TPSA) is 23.5 Å². The van der Waals surface area contributed by atoms with Gasteiger partial charge in [-0.05, 0) is 39.7 Å². The predicted molar refractivity (Wildman–Crippen MR) is 46.5 cm³/mol. The third kappa shape index (κ3) is 2.17. The van der Waals surface area contributed by atoms with Crippen LogP contribution in [0.4, 0.5) is 0 Å². The molecule has 2 heteroatoms. The van der Waals surface area contributed by atoms with Gasteiger partial charge in [-0.25, -0.2) is 0 Å². The molecule has 0 aromatic heterocycles. The Morgan fingerprint density at radius 3 is 2.36 bits per heavy atom. The summed E-state index contributed by atoms with van der Waals surface area (Å²) in [5.74, 6) is 0.522. The summed E-state index contributed by atoms with van der Waals surface area (Å²) in [4.78, 5) is 2.44. The molecule has 1 saturated heterocycles. The smallest absolute Gasteiger partial charge is 0.0471 e. The van der Waals surface area contributed by atoms with E-state index < -0.39 is 0 Å². The number of nitrogens with zero attached hydrogens (tertiary/aromatic N) is 1. The Hall–Kier alpha value is -0.0800. The number of hydrogen-bond acceptors (Lipinski definition) is 2. The highest BCUT2D eigenvalue weighted by atomic mass is 16.3. The van der Waals surface area contributed by atoms with E-state index in [1.54, 1.807) is 0 Å². The average molecular weight is 157 g/mol. The number of aliphatic hydroxyl groups is 1. The van der Waals surface area contributed by atoms with E-state index in [0.717, 1.165) is 19.5 Å². The molecule has 0 aliphatic carbocycles. The average Bonchev–Trinajstić information content (AvgIpc) is 2.32. The molecular formula is C9H19NO. The zero-order valence-corrected chi connectivity index (χ0v) is 7.80. The zero-order chi connectivity index (χ0) is 8.48. The summed E-state index contributed by atoms with van der Waals surface area (Å²) in [6.07, 6.45) is 1.16. The minimum absolute atomic E-state index is 0.282. The van der Waals surface area contributed by atoms with E-state index >= 15 is 0 Å². The summed E-state index contributed by atoms with van der Waals surface area (Å²) in [6, 6.07) is 0. The second-order valence-electron chi connectivity index (χ2n) is 4.45. The van der Waals surface area contributed by atoms with E-state index in [2.05, 4.69) is 25.7 Å². The van der Waals surface area contributed by atoms with Gasteiger partial charge in [-0.1, -0.05) is 0 Å². The van der Waals surface area contributed by atoms with Crippen molar-refractivity contribution in [3.8, 4) is 0 Å². The van der Waals surface area contributed by atoms with Crippen molar-refractivity contribution in [3.63, 3.8) is 0 Å². The molecule has 0 amide bonds. The van der Waals surface area contributed by atoms with Crippen LogP contribution in [0.25, 0.3) is 0 Å². The van der Waals surface area contributed by atoms with Crippen LogP contribution in [0.2, 0.25) is 0 Å². The van der Waals surface area contributed by atoms with Crippen molar-refractivity contribution < 1.29 is 5.11 Å². The third-order valence-electron chi connectivity index (χ3n) is 2.49. The summed E-state index contributed by atoms with van der Waals surface area (Å²) < 4.78 is 0. The Morgan fingerprint density at radius 2 is 2.09 bits per heavy atom. The van der Waals surface area contributed by atoms with Crippen molar-refractivity contribution >= 4 is 0 Å². The molecule has 1 aliphatic rings. The lowest BCUT2D eigenvalue weighted by Gasteiger charge is -2.31. The molecule has 0 bridgehead atoms. The summed E-state index contributed by atoms with van der Waals surface area (Å²) in [5, 5.41) is 8.92. The summed E-state index contributed by atoms with van der Waals surface area (Å²) in [5.41, 5.74) is 0.282. The molecule has 1 fully saturated rings. The lowest BCUT2D eigenvalue weighted by molar-refractivity contribution is 0.154. The maximum Gasteiger partial charge on any atom is 0.0471 e. The second-order valence-corrected chi connectivity index (χ2v) is 4.45. The molecule has 1 aliphatic heterocycles. The first-order chi connectivity index (χ1) is 5.04. The van der Waals surface area contributed by atoms with Gasteiger partial charge in [0.15, 0.2) is 0 Å². The van der Waals surface area contributed by atoms with Gasteiger partial charge in [-0.3, -0.25) is 4.90 Å². The first-order valence-corrected chi connectivity index (χ1v) is 4.40. The molecule has 66 valence electrons. The van der Waals surface area contributed by atoms with Crippen LogP contribution < -0.4 is 0 Å². The molecule has 1 N–H and O–H groups in total. The Bertz CT molecular complexity index is 128. The first kappa shape index (κ1) is 9.01. The molecule has 1 heterocycles. The van der Waals surface area contributed by atoms with Crippen molar-refractivity contribution in [3.05, 3.63) is 0 Å². The molecular weight excluding hydrogens is 138 g/mol. The van der Waals surface area contributed by atoms with Gasteiger partial charge in [-0.15, -0.1) is 0 Å². The predicted octanol–water partition coefficient (Wildman–Crippen LogP) is 1.10. The summed E-state index contributed by atoms with van der Waals surface area (Å²) >= 11 is 0. The maximum atomic E-state index is 8.92. The zero-order valence-electron chi connectivity index (χ0n) is 7.80. The van der Waals surface area contributed by atoms with Crippen LogP contribution in [0.1, 0.15) is 27.2 Å². The van der Waals surface area contributed by atoms with E-state index in [9.17, 15) is 0 Å². The van der Waals surface area contributed by atoms with Gasteiger partial charge in [0.25, 0.3) is 0 Å². The summed E-state index contributed by atoms with van der Waals surface area (Å²) in [6.45, 7) is 9.26. The molecule has 2 nitrogen and oxygen atoms in total. The van der Waals surface area contributed by atoms with Crippen LogP contribution in [-0.4, -0.2) is 35.2 Å². The van der Waals surface area contributed by atoms with Gasteiger partial charge in [0.1, 0.15) is 0 Å². The number of aliphatic hydroxyl groups excluding tert-OH is 1. The molecule has 0 aromatic rings. The number of rotatable bonds is 1. The van der Waals surface area contributed by atoms with Crippen molar-refractivity contribution in [1.29, 1.82) is 0 Å². The highest BCUT2D eigenvalue weighted by Crippen LogP contribution is 2.23. The van der Waals surface area contributed by atoms with Gasteiger partial charge in [0.05, 0.1) is 0 Å². The van der Waals surface area contributed by atoms with Crippen LogP contribution in [0.5, 0.6) is 0 Å². The van der Waals surface area contributed by atoms with Crippen molar-refractivity contribution in [2.45, 2.75) is 32.7 Å². The first-order valence-electron chi connectivity index (χ1n) is 4.40. The fourth-order valence-corrected chi connectivity index (χ4v) is 1.59. The normalized spacial score (nSPS) is 27.8. The molecule has 1 atom stereocenters. The fraction of sp³-hybridized carbons (Fsp3) is 1.00. The molecule has 0 spiro atoms. The van der Waals surface area contributed by atoms with Crippen LogP contribution in [0.15, 0.2) is 0 Å². The molecule has 0 saturated carbocycles. The summed E-state index contributed by atoms with van der Waals surface area (Å²) in [7, 11) is 0. The Kier molecular flexibility index (Phi) is 2.55. The van der Waals surface area contributed by atoms with E-state index in [1.165, 1.54) is 0 Å². The maximum absolute atomic E-state index is 8.92. The van der Waals surface area contributed by atoms with Crippen molar-refractivity contribution in [1.82, 2.24) is 4.90 Å². The van der Waals surface area contributed by atoms with Crippen LogP contribution in [-0.2, 0) is 0 Å². The largest absolute Gasteiger partial charge is 0.396 e. The molecule has 1 unspecified atom stereocenters. The van der Waals surface area contributed by atoms with Crippen LogP contribution in [0, 0.1) is 5.92 Å². The van der Waals surface area contributed by atoms with Crippen molar-refractivity contribution in [2.24, 2.45) is 5.92 Å². The molecule has 0 radical (unpaired) electrons. The number of hydrogen-bond donors (Lipinski definition) is 1. The third-order valence-corrected chi connectivity index (χ3v) is 2.49. The van der Waals surface area contributed by atoms with Gasteiger partial charge < -0.3 is 5.11 Å². The Morgan fingerprint density at radius 1 is 1.45 bits per heavy atom. The van der Waals surface area contributed by atoms with E-state index in [1.807, 2.05) is 0 Å². The van der Waals surface area contributed by atoms with Crippen LogP contribution in [0.3, 0.4) is 0 Å². The highest BCUT2D eigenvalue weighted by Gasteiger charge is 2.29. The van der Waals surface area contributed by atoms with E-state index in [-0.39, 0.29) is 5.54 Å².